The molecule has 0 aliphatic carbocycles. The van der Waals surface area contributed by atoms with Gasteiger partial charge in [0.2, 0.25) is 0 Å². The standard InChI is InChI=1S/C24H19N3O4/c1-16-23(21-13-6-7-14-22(21)31-17(2)28)24(18-9-8-12-20(15-18)27(29)30)26(25-16)19-10-4-3-5-11-19/h3-15H,1-2H3. The van der Waals surface area contributed by atoms with Crippen molar-refractivity contribution in [3.8, 4) is 33.8 Å². The molecule has 3 aromatic carbocycles. The molecule has 0 saturated carbocycles. The van der Waals surface area contributed by atoms with Crippen LogP contribution in [0.15, 0.2) is 78.9 Å². The fraction of sp³-hybridized carbons (Fsp3) is 0.0833. The number of esters is 1. The zero-order valence-corrected chi connectivity index (χ0v) is 17.0. The summed E-state index contributed by atoms with van der Waals surface area (Å²) in [5, 5.41) is 16.1. The quantitative estimate of drug-likeness (QED) is 0.191. The number of aryl methyl sites for hydroxylation is 1. The Hall–Kier alpha value is -4.26. The molecule has 4 rings (SSSR count). The van der Waals surface area contributed by atoms with Gasteiger partial charge in [0.15, 0.2) is 0 Å². The Morgan fingerprint density at radius 2 is 1.71 bits per heavy atom. The van der Waals surface area contributed by atoms with Crippen molar-refractivity contribution < 1.29 is 14.5 Å². The molecule has 0 atom stereocenters. The van der Waals surface area contributed by atoms with E-state index >= 15 is 0 Å². The topological polar surface area (TPSA) is 87.3 Å². The number of para-hydroxylation sites is 2. The first-order valence-electron chi connectivity index (χ1n) is 9.63. The summed E-state index contributed by atoms with van der Waals surface area (Å²) in [6.07, 6.45) is 0. The molecule has 4 aromatic rings. The minimum absolute atomic E-state index is 0.0183. The number of hydrogen-bond acceptors (Lipinski definition) is 5. The van der Waals surface area contributed by atoms with E-state index < -0.39 is 10.9 Å². The van der Waals surface area contributed by atoms with Crippen LogP contribution in [0, 0.1) is 17.0 Å². The molecule has 7 nitrogen and oxygen atoms in total. The average Bonchev–Trinajstić information content (AvgIpc) is 3.11. The van der Waals surface area contributed by atoms with Crippen LogP contribution in [-0.4, -0.2) is 20.7 Å². The summed E-state index contributed by atoms with van der Waals surface area (Å²) in [5.74, 6) is -0.0326. The van der Waals surface area contributed by atoms with E-state index in [9.17, 15) is 14.9 Å². The molecule has 0 N–H and O–H groups in total. The highest BCUT2D eigenvalue weighted by atomic mass is 16.6. The van der Waals surface area contributed by atoms with Crippen LogP contribution in [0.25, 0.3) is 28.1 Å². The van der Waals surface area contributed by atoms with Crippen LogP contribution in [0.4, 0.5) is 5.69 Å². The Bertz CT molecular complexity index is 1280. The zero-order valence-electron chi connectivity index (χ0n) is 17.0. The van der Waals surface area contributed by atoms with E-state index in [-0.39, 0.29) is 5.69 Å². The fourth-order valence-corrected chi connectivity index (χ4v) is 3.56. The number of carbonyl (C=O) groups excluding carboxylic acids is 1. The van der Waals surface area contributed by atoms with E-state index in [0.29, 0.717) is 28.3 Å². The lowest BCUT2D eigenvalue weighted by Gasteiger charge is -2.13. The van der Waals surface area contributed by atoms with Gasteiger partial charge < -0.3 is 4.74 Å². The minimum Gasteiger partial charge on any atom is -0.426 e. The van der Waals surface area contributed by atoms with Crippen molar-refractivity contribution in [1.29, 1.82) is 0 Å². The van der Waals surface area contributed by atoms with Crippen LogP contribution in [0.3, 0.4) is 0 Å². The van der Waals surface area contributed by atoms with Gasteiger partial charge in [0, 0.05) is 35.7 Å². The number of non-ortho nitro benzene ring substituents is 1. The number of rotatable bonds is 5. The third-order valence-electron chi connectivity index (χ3n) is 4.80. The number of hydrogen-bond donors (Lipinski definition) is 0. The Morgan fingerprint density at radius 3 is 2.42 bits per heavy atom. The summed E-state index contributed by atoms with van der Waals surface area (Å²) in [4.78, 5) is 22.6. The van der Waals surface area contributed by atoms with Gasteiger partial charge in [-0.1, -0.05) is 48.5 Å². The molecule has 0 fully saturated rings. The number of ether oxygens (including phenoxy) is 1. The molecule has 0 bridgehead atoms. The molecule has 0 unspecified atom stereocenters. The van der Waals surface area contributed by atoms with E-state index in [4.69, 9.17) is 9.84 Å². The lowest BCUT2D eigenvalue weighted by atomic mass is 9.97. The third-order valence-corrected chi connectivity index (χ3v) is 4.80. The second kappa shape index (κ2) is 8.23. The van der Waals surface area contributed by atoms with Crippen LogP contribution >= 0.6 is 0 Å². The first kappa shape index (κ1) is 20.0. The van der Waals surface area contributed by atoms with Crippen LogP contribution in [0.5, 0.6) is 5.75 Å². The Labute approximate surface area is 178 Å². The molecule has 0 aliphatic rings. The van der Waals surface area contributed by atoms with E-state index in [0.717, 1.165) is 11.3 Å². The average molecular weight is 413 g/mol. The summed E-state index contributed by atoms with van der Waals surface area (Å²) in [6, 6.07) is 23.1. The fourth-order valence-electron chi connectivity index (χ4n) is 3.56. The van der Waals surface area contributed by atoms with Crippen molar-refractivity contribution in [3.63, 3.8) is 0 Å². The van der Waals surface area contributed by atoms with Crippen molar-refractivity contribution in [1.82, 2.24) is 9.78 Å². The van der Waals surface area contributed by atoms with Crippen LogP contribution in [-0.2, 0) is 4.79 Å². The second-order valence-corrected chi connectivity index (χ2v) is 6.95. The molecule has 1 aromatic heterocycles. The van der Waals surface area contributed by atoms with Gasteiger partial charge in [0.25, 0.3) is 5.69 Å². The van der Waals surface area contributed by atoms with Crippen molar-refractivity contribution in [2.75, 3.05) is 0 Å². The summed E-state index contributed by atoms with van der Waals surface area (Å²) >= 11 is 0. The maximum absolute atomic E-state index is 11.7. The van der Waals surface area contributed by atoms with Gasteiger partial charge in [-0.3, -0.25) is 14.9 Å². The van der Waals surface area contributed by atoms with E-state index in [1.165, 1.54) is 19.1 Å². The number of aromatic nitrogens is 2. The molecule has 7 heteroatoms. The summed E-state index contributed by atoms with van der Waals surface area (Å²) < 4.78 is 7.20. The maximum atomic E-state index is 11.7. The van der Waals surface area contributed by atoms with Gasteiger partial charge >= 0.3 is 5.97 Å². The van der Waals surface area contributed by atoms with Crippen molar-refractivity contribution in [2.24, 2.45) is 0 Å². The Balaban J connectivity index is 2.04. The minimum atomic E-state index is -0.433. The zero-order chi connectivity index (χ0) is 22.0. The highest BCUT2D eigenvalue weighted by Gasteiger charge is 2.23. The highest BCUT2D eigenvalue weighted by molar-refractivity contribution is 5.88. The normalized spacial score (nSPS) is 10.6. The predicted octanol–water partition coefficient (Wildman–Crippen LogP) is 5.35. The molecule has 1 heterocycles. The first-order chi connectivity index (χ1) is 15.0. The summed E-state index contributed by atoms with van der Waals surface area (Å²) in [7, 11) is 0. The van der Waals surface area contributed by atoms with Gasteiger partial charge in [-0.05, 0) is 25.1 Å². The molecule has 31 heavy (non-hydrogen) atoms. The van der Waals surface area contributed by atoms with Crippen LogP contribution < -0.4 is 4.74 Å². The van der Waals surface area contributed by atoms with E-state index in [2.05, 4.69) is 0 Å². The lowest BCUT2D eigenvalue weighted by Crippen LogP contribution is -2.03. The molecule has 0 aliphatic heterocycles. The molecule has 154 valence electrons. The van der Waals surface area contributed by atoms with Gasteiger partial charge in [0.05, 0.1) is 22.0 Å². The van der Waals surface area contributed by atoms with Crippen molar-refractivity contribution in [2.45, 2.75) is 13.8 Å². The van der Waals surface area contributed by atoms with Crippen LogP contribution in [0.1, 0.15) is 12.6 Å². The maximum Gasteiger partial charge on any atom is 0.308 e. The number of nitrogens with zero attached hydrogens (tertiary/aromatic N) is 3. The third kappa shape index (κ3) is 3.93. The first-order valence-corrected chi connectivity index (χ1v) is 9.63. The monoisotopic (exact) mass is 413 g/mol. The summed E-state index contributed by atoms with van der Waals surface area (Å²) in [5.41, 5.74) is 4.21. The van der Waals surface area contributed by atoms with Gasteiger partial charge in [-0.25, -0.2) is 4.68 Å². The molecular formula is C24H19N3O4. The molecule has 0 saturated heterocycles. The van der Waals surface area contributed by atoms with Gasteiger partial charge in [-0.2, -0.15) is 5.10 Å². The molecular weight excluding hydrogens is 394 g/mol. The Kier molecular flexibility index (Phi) is 5.32. The van der Waals surface area contributed by atoms with Gasteiger partial charge in [-0.15, -0.1) is 0 Å². The summed E-state index contributed by atoms with van der Waals surface area (Å²) in [6.45, 7) is 3.21. The van der Waals surface area contributed by atoms with Crippen molar-refractivity contribution >= 4 is 11.7 Å². The predicted molar refractivity (Wildman–Crippen MR) is 117 cm³/mol. The molecule has 0 radical (unpaired) electrons. The highest BCUT2D eigenvalue weighted by Crippen LogP contribution is 2.41. The van der Waals surface area contributed by atoms with E-state index in [1.807, 2.05) is 49.4 Å². The number of carbonyl (C=O) groups is 1. The SMILES string of the molecule is CC(=O)Oc1ccccc1-c1c(C)nn(-c2ccccc2)c1-c1cccc([N+](=O)[O-])c1. The number of nitro benzene ring substituents is 1. The number of nitro groups is 1. The van der Waals surface area contributed by atoms with Crippen molar-refractivity contribution in [3.05, 3.63) is 94.7 Å². The van der Waals surface area contributed by atoms with Gasteiger partial charge in [0.1, 0.15) is 5.75 Å². The Morgan fingerprint density at radius 1 is 1.00 bits per heavy atom. The van der Waals surface area contributed by atoms with E-state index in [1.54, 1.807) is 28.9 Å². The number of benzene rings is 3. The van der Waals surface area contributed by atoms with Crippen LogP contribution in [0.2, 0.25) is 0 Å². The second-order valence-electron chi connectivity index (χ2n) is 6.95. The molecule has 0 spiro atoms. The molecule has 0 amide bonds. The lowest BCUT2D eigenvalue weighted by molar-refractivity contribution is -0.384. The largest absolute Gasteiger partial charge is 0.426 e. The smallest absolute Gasteiger partial charge is 0.308 e.